The van der Waals surface area contributed by atoms with Crippen LogP contribution < -0.4 is 0 Å². The van der Waals surface area contributed by atoms with Gasteiger partial charge in [-0.1, -0.05) is 32.6 Å². The third-order valence-electron chi connectivity index (χ3n) is 8.22. The maximum atomic E-state index is 12.4. The summed E-state index contributed by atoms with van der Waals surface area (Å²) < 4.78 is 0. The summed E-state index contributed by atoms with van der Waals surface area (Å²) in [7, 11) is 0. The molecule has 0 saturated heterocycles. The van der Waals surface area contributed by atoms with Crippen LogP contribution in [0.2, 0.25) is 0 Å². The SMILES string of the molecule is C=C1C[C@H]2[C@@H]3C=CC4=CC(=O)CC[C@]4(C)[C@H]3CC[C@]2(C)[C@@]1(O)C(C)=O. The van der Waals surface area contributed by atoms with Gasteiger partial charge in [0.1, 0.15) is 5.60 Å². The second-order valence-corrected chi connectivity index (χ2v) is 9.16. The molecule has 0 heterocycles. The standard InChI is InChI=1S/C22H28O3/c1-13-11-19-17-6-5-15-12-16(24)7-9-20(15,3)18(17)8-10-21(19,4)22(13,25)14(2)23/h5-6,12,17-19,25H,1,7-11H2,2-4H3/t17-,18+,19+,20+,21+,22+/m1/s1. The fourth-order valence-corrected chi connectivity index (χ4v) is 6.62. The van der Waals surface area contributed by atoms with Crippen LogP contribution >= 0.6 is 0 Å². The largest absolute Gasteiger partial charge is 0.377 e. The van der Waals surface area contributed by atoms with Crippen molar-refractivity contribution in [3.8, 4) is 0 Å². The van der Waals surface area contributed by atoms with Gasteiger partial charge in [0.25, 0.3) is 0 Å². The minimum absolute atomic E-state index is 0.0346. The predicted octanol–water partition coefficient (Wildman–Crippen LogP) is 3.78. The van der Waals surface area contributed by atoms with Gasteiger partial charge in [-0.05, 0) is 73.0 Å². The molecule has 0 bridgehead atoms. The maximum absolute atomic E-state index is 12.4. The smallest absolute Gasteiger partial charge is 0.166 e. The zero-order valence-corrected chi connectivity index (χ0v) is 15.5. The van der Waals surface area contributed by atoms with Gasteiger partial charge in [0, 0.05) is 11.8 Å². The molecule has 0 aromatic carbocycles. The number of hydrogen-bond acceptors (Lipinski definition) is 3. The summed E-state index contributed by atoms with van der Waals surface area (Å²) in [4.78, 5) is 24.2. The molecule has 1 N–H and O–H groups in total. The van der Waals surface area contributed by atoms with Crippen LogP contribution in [0.5, 0.6) is 0 Å². The van der Waals surface area contributed by atoms with Gasteiger partial charge in [-0.2, -0.15) is 0 Å². The van der Waals surface area contributed by atoms with E-state index in [9.17, 15) is 14.7 Å². The van der Waals surface area contributed by atoms with Crippen LogP contribution in [-0.4, -0.2) is 22.3 Å². The first-order valence-electron chi connectivity index (χ1n) is 9.49. The fourth-order valence-electron chi connectivity index (χ4n) is 6.62. The molecule has 4 rings (SSSR count). The molecule has 3 heteroatoms. The van der Waals surface area contributed by atoms with Crippen LogP contribution in [0.15, 0.2) is 36.0 Å². The highest BCUT2D eigenvalue weighted by molar-refractivity contribution is 5.92. The van der Waals surface area contributed by atoms with Crippen molar-refractivity contribution in [2.45, 2.75) is 58.5 Å². The Morgan fingerprint density at radius 1 is 1.28 bits per heavy atom. The Bertz CT molecular complexity index is 744. The summed E-state index contributed by atoms with van der Waals surface area (Å²) >= 11 is 0. The molecule has 0 radical (unpaired) electrons. The minimum atomic E-state index is -1.39. The van der Waals surface area contributed by atoms with E-state index in [1.807, 2.05) is 6.08 Å². The summed E-state index contributed by atoms with van der Waals surface area (Å²) in [5.41, 5.74) is 0.0611. The summed E-state index contributed by atoms with van der Waals surface area (Å²) in [6.45, 7) is 9.97. The average molecular weight is 340 g/mol. The van der Waals surface area contributed by atoms with Crippen LogP contribution in [0.1, 0.15) is 52.9 Å². The van der Waals surface area contributed by atoms with E-state index in [2.05, 4.69) is 32.6 Å². The molecule has 4 aliphatic carbocycles. The zero-order valence-electron chi connectivity index (χ0n) is 15.5. The van der Waals surface area contributed by atoms with Gasteiger partial charge >= 0.3 is 0 Å². The molecule has 4 aliphatic rings. The lowest BCUT2D eigenvalue weighted by molar-refractivity contribution is -0.151. The van der Waals surface area contributed by atoms with Crippen molar-refractivity contribution in [1.29, 1.82) is 0 Å². The van der Waals surface area contributed by atoms with Crippen molar-refractivity contribution in [3.05, 3.63) is 36.0 Å². The molecule has 0 amide bonds. The number of fused-ring (bicyclic) bond motifs is 5. The molecule has 0 aromatic heterocycles. The lowest BCUT2D eigenvalue weighted by Crippen LogP contribution is -2.56. The summed E-state index contributed by atoms with van der Waals surface area (Å²) in [6.07, 6.45) is 10.3. The molecule has 2 fully saturated rings. The first kappa shape index (κ1) is 17.0. The van der Waals surface area contributed by atoms with E-state index in [1.165, 1.54) is 12.5 Å². The van der Waals surface area contributed by atoms with Crippen molar-refractivity contribution in [1.82, 2.24) is 0 Å². The number of ketones is 2. The van der Waals surface area contributed by atoms with Crippen molar-refractivity contribution in [3.63, 3.8) is 0 Å². The Morgan fingerprint density at radius 2 is 2.00 bits per heavy atom. The molecule has 0 unspecified atom stereocenters. The lowest BCUT2D eigenvalue weighted by Gasteiger charge is -2.56. The van der Waals surface area contributed by atoms with E-state index in [-0.39, 0.29) is 22.9 Å². The highest BCUT2D eigenvalue weighted by Crippen LogP contribution is 2.67. The summed E-state index contributed by atoms with van der Waals surface area (Å²) in [5, 5.41) is 11.3. The molecule has 0 spiro atoms. The van der Waals surface area contributed by atoms with Crippen LogP contribution in [0.3, 0.4) is 0 Å². The molecule has 0 aromatic rings. The van der Waals surface area contributed by atoms with Gasteiger partial charge < -0.3 is 5.11 Å². The zero-order chi connectivity index (χ0) is 18.2. The Hall–Kier alpha value is -1.48. The van der Waals surface area contributed by atoms with Crippen LogP contribution in [0, 0.1) is 28.6 Å². The predicted molar refractivity (Wildman–Crippen MR) is 96.8 cm³/mol. The van der Waals surface area contributed by atoms with E-state index in [1.54, 1.807) is 0 Å². The quantitative estimate of drug-likeness (QED) is 0.739. The molecule has 2 saturated carbocycles. The Labute approximate surface area is 149 Å². The van der Waals surface area contributed by atoms with Crippen molar-refractivity contribution in [2.75, 3.05) is 0 Å². The van der Waals surface area contributed by atoms with Crippen molar-refractivity contribution in [2.24, 2.45) is 28.6 Å². The van der Waals surface area contributed by atoms with E-state index >= 15 is 0 Å². The van der Waals surface area contributed by atoms with Gasteiger partial charge in [0.05, 0.1) is 0 Å². The highest BCUT2D eigenvalue weighted by atomic mass is 16.3. The van der Waals surface area contributed by atoms with Crippen LogP contribution in [-0.2, 0) is 9.59 Å². The molecule has 25 heavy (non-hydrogen) atoms. The molecule has 0 aliphatic heterocycles. The summed E-state index contributed by atoms with van der Waals surface area (Å²) in [5.74, 6) is 1.10. The van der Waals surface area contributed by atoms with Crippen molar-refractivity contribution >= 4 is 11.6 Å². The fraction of sp³-hybridized carbons (Fsp3) is 0.636. The third kappa shape index (κ3) is 1.91. The first-order chi connectivity index (χ1) is 11.6. The van der Waals surface area contributed by atoms with E-state index in [0.717, 1.165) is 19.3 Å². The first-order valence-corrected chi connectivity index (χ1v) is 9.49. The molecule has 3 nitrogen and oxygen atoms in total. The van der Waals surface area contributed by atoms with Gasteiger partial charge in [-0.25, -0.2) is 0 Å². The Balaban J connectivity index is 1.79. The number of carbonyl (C=O) groups excluding carboxylic acids is 2. The molecular formula is C22H28O3. The lowest BCUT2D eigenvalue weighted by atomic mass is 9.48. The monoisotopic (exact) mass is 340 g/mol. The Morgan fingerprint density at radius 3 is 2.68 bits per heavy atom. The number of Topliss-reactive ketones (excluding diaryl/α,β-unsaturated/α-hetero) is 1. The Kier molecular flexibility index (Phi) is 3.41. The van der Waals surface area contributed by atoms with E-state index < -0.39 is 11.0 Å². The third-order valence-corrected chi connectivity index (χ3v) is 8.22. The maximum Gasteiger partial charge on any atom is 0.166 e. The minimum Gasteiger partial charge on any atom is -0.377 e. The number of hydrogen-bond donors (Lipinski definition) is 1. The average Bonchev–Trinajstić information content (AvgIpc) is 2.77. The van der Waals surface area contributed by atoms with Crippen LogP contribution in [0.25, 0.3) is 0 Å². The van der Waals surface area contributed by atoms with E-state index in [4.69, 9.17) is 0 Å². The normalized spacial score (nSPS) is 48.5. The van der Waals surface area contributed by atoms with E-state index in [0.29, 0.717) is 30.3 Å². The topological polar surface area (TPSA) is 54.4 Å². The molecular weight excluding hydrogens is 312 g/mol. The second kappa shape index (κ2) is 5.03. The summed E-state index contributed by atoms with van der Waals surface area (Å²) in [6, 6.07) is 0. The molecule has 6 atom stereocenters. The number of rotatable bonds is 1. The van der Waals surface area contributed by atoms with Gasteiger partial charge in [-0.15, -0.1) is 0 Å². The van der Waals surface area contributed by atoms with Gasteiger partial charge in [0.2, 0.25) is 0 Å². The molecule has 134 valence electrons. The van der Waals surface area contributed by atoms with Crippen LogP contribution in [0.4, 0.5) is 0 Å². The second-order valence-electron chi connectivity index (χ2n) is 9.16. The number of carbonyl (C=O) groups is 2. The highest BCUT2D eigenvalue weighted by Gasteiger charge is 2.66. The number of allylic oxidation sites excluding steroid dienone is 4. The van der Waals surface area contributed by atoms with Crippen molar-refractivity contribution < 1.29 is 14.7 Å². The van der Waals surface area contributed by atoms with Gasteiger partial charge in [-0.3, -0.25) is 9.59 Å². The van der Waals surface area contributed by atoms with Gasteiger partial charge in [0.15, 0.2) is 11.6 Å². The number of aliphatic hydroxyl groups is 1.